The monoisotopic (exact) mass is 408 g/mol. The molecule has 1 atom stereocenters. The van der Waals surface area contributed by atoms with Crippen LogP contribution >= 0.6 is 0 Å². The van der Waals surface area contributed by atoms with Crippen LogP contribution in [0.3, 0.4) is 0 Å². The molecular formula is C24H28N2O4. The molecule has 0 saturated carbocycles. The molecule has 6 nitrogen and oxygen atoms in total. The van der Waals surface area contributed by atoms with E-state index in [2.05, 4.69) is 11.4 Å². The van der Waals surface area contributed by atoms with E-state index in [1.165, 1.54) is 17.5 Å². The van der Waals surface area contributed by atoms with Crippen LogP contribution in [0.4, 0.5) is 5.69 Å². The predicted molar refractivity (Wildman–Crippen MR) is 115 cm³/mol. The van der Waals surface area contributed by atoms with Crippen molar-refractivity contribution >= 4 is 17.5 Å². The molecule has 1 heterocycles. The van der Waals surface area contributed by atoms with Gasteiger partial charge in [-0.2, -0.15) is 0 Å². The number of para-hydroxylation sites is 1. The van der Waals surface area contributed by atoms with E-state index in [-0.39, 0.29) is 11.8 Å². The van der Waals surface area contributed by atoms with Gasteiger partial charge >= 0.3 is 0 Å². The number of rotatable bonds is 5. The van der Waals surface area contributed by atoms with Crippen molar-refractivity contribution in [1.82, 2.24) is 4.90 Å². The molecule has 2 amide bonds. The van der Waals surface area contributed by atoms with Crippen molar-refractivity contribution in [2.45, 2.75) is 38.7 Å². The summed E-state index contributed by atoms with van der Waals surface area (Å²) in [4.78, 5) is 27.5. The van der Waals surface area contributed by atoms with Crippen molar-refractivity contribution in [3.63, 3.8) is 0 Å². The van der Waals surface area contributed by atoms with Gasteiger partial charge in [0.25, 0.3) is 11.8 Å². The summed E-state index contributed by atoms with van der Waals surface area (Å²) in [7, 11) is 0. The molecule has 4 rings (SSSR count). The van der Waals surface area contributed by atoms with Gasteiger partial charge in [0.15, 0.2) is 6.10 Å². The number of morpholine rings is 1. The van der Waals surface area contributed by atoms with E-state index in [1.807, 2.05) is 18.2 Å². The van der Waals surface area contributed by atoms with Crippen LogP contribution in [0.1, 0.15) is 41.3 Å². The third-order valence-electron chi connectivity index (χ3n) is 5.74. The summed E-state index contributed by atoms with van der Waals surface area (Å²) in [5, 5.41) is 2.89. The fourth-order valence-corrected chi connectivity index (χ4v) is 4.05. The average Bonchev–Trinajstić information content (AvgIpc) is 2.80. The number of fused-ring (bicyclic) bond motifs is 1. The Morgan fingerprint density at radius 3 is 2.63 bits per heavy atom. The van der Waals surface area contributed by atoms with Gasteiger partial charge in [0.2, 0.25) is 0 Å². The van der Waals surface area contributed by atoms with E-state index in [0.29, 0.717) is 37.6 Å². The number of ether oxygens (including phenoxy) is 2. The number of nitrogens with zero attached hydrogens (tertiary/aromatic N) is 1. The lowest BCUT2D eigenvalue weighted by atomic mass is 9.91. The van der Waals surface area contributed by atoms with E-state index >= 15 is 0 Å². The van der Waals surface area contributed by atoms with Crippen molar-refractivity contribution in [1.29, 1.82) is 0 Å². The third kappa shape index (κ3) is 4.49. The normalized spacial score (nSPS) is 17.0. The highest BCUT2D eigenvalue weighted by molar-refractivity contribution is 6.04. The topological polar surface area (TPSA) is 67.9 Å². The molecule has 30 heavy (non-hydrogen) atoms. The fraction of sp³-hybridized carbons (Fsp3) is 0.417. The molecule has 0 unspecified atom stereocenters. The molecule has 2 aromatic carbocycles. The standard InChI is InChI=1S/C24H28N2O4/c1-17(30-22-12-6-8-18-7-2-3-9-19(18)22)23(27)25-21-11-5-4-10-20(21)24(28)26-13-15-29-16-14-26/h4-6,8,10-12,17H,2-3,7,9,13-16H2,1H3,(H,25,27)/t17-/m0/s1. The first-order chi connectivity index (χ1) is 14.6. The van der Waals surface area contributed by atoms with Crippen LogP contribution in [0.2, 0.25) is 0 Å². The van der Waals surface area contributed by atoms with Crippen LogP contribution in [0, 0.1) is 0 Å². The average molecular weight is 408 g/mol. The Kier molecular flexibility index (Phi) is 6.33. The van der Waals surface area contributed by atoms with E-state index in [0.717, 1.165) is 25.0 Å². The maximum absolute atomic E-state index is 12.9. The second-order valence-corrected chi connectivity index (χ2v) is 7.80. The molecule has 158 valence electrons. The minimum atomic E-state index is -0.676. The van der Waals surface area contributed by atoms with Gasteiger partial charge in [-0.3, -0.25) is 9.59 Å². The summed E-state index contributed by atoms with van der Waals surface area (Å²) in [6, 6.07) is 13.2. The number of hydrogen-bond donors (Lipinski definition) is 1. The maximum atomic E-state index is 12.9. The Bertz CT molecular complexity index is 921. The Morgan fingerprint density at radius 2 is 1.80 bits per heavy atom. The molecule has 1 fully saturated rings. The van der Waals surface area contributed by atoms with Crippen molar-refractivity contribution < 1.29 is 19.1 Å². The van der Waals surface area contributed by atoms with Gasteiger partial charge in [0, 0.05) is 13.1 Å². The molecular weight excluding hydrogens is 380 g/mol. The molecule has 0 spiro atoms. The highest BCUT2D eigenvalue weighted by Crippen LogP contribution is 2.30. The van der Waals surface area contributed by atoms with E-state index in [9.17, 15) is 9.59 Å². The zero-order valence-electron chi connectivity index (χ0n) is 17.4. The number of carbonyl (C=O) groups is 2. The fourth-order valence-electron chi connectivity index (χ4n) is 4.05. The number of amides is 2. The van der Waals surface area contributed by atoms with Crippen LogP contribution in [0.5, 0.6) is 5.75 Å². The largest absolute Gasteiger partial charge is 0.481 e. The Hall–Kier alpha value is -2.86. The number of benzene rings is 2. The number of hydrogen-bond acceptors (Lipinski definition) is 4. The van der Waals surface area contributed by atoms with Crippen molar-refractivity contribution in [3.8, 4) is 5.75 Å². The number of anilines is 1. The minimum Gasteiger partial charge on any atom is -0.481 e. The van der Waals surface area contributed by atoms with Gasteiger partial charge in [-0.1, -0.05) is 24.3 Å². The first-order valence-corrected chi connectivity index (χ1v) is 10.7. The van der Waals surface area contributed by atoms with Crippen LogP contribution in [-0.2, 0) is 22.4 Å². The van der Waals surface area contributed by atoms with Crippen molar-refractivity contribution in [2.75, 3.05) is 31.6 Å². The Morgan fingerprint density at radius 1 is 1.03 bits per heavy atom. The molecule has 0 bridgehead atoms. The molecule has 1 saturated heterocycles. The molecule has 2 aromatic rings. The van der Waals surface area contributed by atoms with Crippen molar-refractivity contribution in [2.24, 2.45) is 0 Å². The highest BCUT2D eigenvalue weighted by atomic mass is 16.5. The smallest absolute Gasteiger partial charge is 0.265 e. The lowest BCUT2D eigenvalue weighted by Crippen LogP contribution is -2.41. The zero-order valence-corrected chi connectivity index (χ0v) is 17.4. The first-order valence-electron chi connectivity index (χ1n) is 10.7. The van der Waals surface area contributed by atoms with Crippen molar-refractivity contribution in [3.05, 3.63) is 59.2 Å². The molecule has 0 aromatic heterocycles. The van der Waals surface area contributed by atoms with Gasteiger partial charge in [0.05, 0.1) is 24.5 Å². The van der Waals surface area contributed by atoms with Crippen LogP contribution in [0.25, 0.3) is 0 Å². The summed E-state index contributed by atoms with van der Waals surface area (Å²) in [5.41, 5.74) is 3.51. The Labute approximate surface area is 177 Å². The summed E-state index contributed by atoms with van der Waals surface area (Å²) in [5.74, 6) is 0.415. The zero-order chi connectivity index (χ0) is 20.9. The second-order valence-electron chi connectivity index (χ2n) is 7.80. The predicted octanol–water partition coefficient (Wildman–Crippen LogP) is 3.44. The molecule has 0 radical (unpaired) electrons. The van der Waals surface area contributed by atoms with Crippen LogP contribution in [-0.4, -0.2) is 49.1 Å². The maximum Gasteiger partial charge on any atom is 0.265 e. The van der Waals surface area contributed by atoms with E-state index in [4.69, 9.17) is 9.47 Å². The molecule has 1 aliphatic carbocycles. The highest BCUT2D eigenvalue weighted by Gasteiger charge is 2.24. The number of nitrogens with one attached hydrogen (secondary N) is 1. The summed E-state index contributed by atoms with van der Waals surface area (Å²) >= 11 is 0. The van der Waals surface area contributed by atoms with Crippen LogP contribution < -0.4 is 10.1 Å². The minimum absolute atomic E-state index is 0.0973. The SMILES string of the molecule is C[C@H](Oc1cccc2c1CCCC2)C(=O)Nc1ccccc1C(=O)N1CCOCC1. The summed E-state index contributed by atoms with van der Waals surface area (Å²) < 4.78 is 11.4. The third-order valence-corrected chi connectivity index (χ3v) is 5.74. The first kappa shape index (κ1) is 20.4. The van der Waals surface area contributed by atoms with Crippen LogP contribution in [0.15, 0.2) is 42.5 Å². The quantitative estimate of drug-likeness (QED) is 0.823. The van der Waals surface area contributed by atoms with E-state index < -0.39 is 6.10 Å². The lowest BCUT2D eigenvalue weighted by Gasteiger charge is -2.27. The van der Waals surface area contributed by atoms with E-state index in [1.54, 1.807) is 30.0 Å². The van der Waals surface area contributed by atoms with Gasteiger partial charge in [-0.25, -0.2) is 0 Å². The molecule has 2 aliphatic rings. The van der Waals surface area contributed by atoms with Gasteiger partial charge < -0.3 is 19.7 Å². The lowest BCUT2D eigenvalue weighted by molar-refractivity contribution is -0.122. The van der Waals surface area contributed by atoms with Gasteiger partial charge in [-0.05, 0) is 61.9 Å². The molecule has 6 heteroatoms. The summed E-state index contributed by atoms with van der Waals surface area (Å²) in [6.07, 6.45) is 3.71. The number of aryl methyl sites for hydroxylation is 1. The Balaban J connectivity index is 1.46. The molecule has 1 N–H and O–H groups in total. The number of carbonyl (C=O) groups excluding carboxylic acids is 2. The summed E-state index contributed by atoms with van der Waals surface area (Å²) in [6.45, 7) is 3.92. The van der Waals surface area contributed by atoms with Gasteiger partial charge in [0.1, 0.15) is 5.75 Å². The molecule has 1 aliphatic heterocycles. The van der Waals surface area contributed by atoms with Gasteiger partial charge in [-0.15, -0.1) is 0 Å². The second kappa shape index (κ2) is 9.30.